The van der Waals surface area contributed by atoms with E-state index in [2.05, 4.69) is 6.92 Å². The lowest BCUT2D eigenvalue weighted by Crippen LogP contribution is -1.98. The average molecular weight is 227 g/mol. The molecule has 0 saturated carbocycles. The van der Waals surface area contributed by atoms with Crippen molar-refractivity contribution >= 4 is 11.6 Å². The third kappa shape index (κ3) is 4.57. The van der Waals surface area contributed by atoms with Crippen LogP contribution in [0.5, 0.6) is 5.75 Å². The molecular weight excluding hydrogens is 208 g/mol. The van der Waals surface area contributed by atoms with Crippen molar-refractivity contribution in [2.45, 2.75) is 39.5 Å². The highest BCUT2D eigenvalue weighted by Gasteiger charge is 1.99. The monoisotopic (exact) mass is 226 g/mol. The number of halogens is 1. The number of rotatable bonds is 6. The summed E-state index contributed by atoms with van der Waals surface area (Å²) in [6.45, 7) is 5.04. The first kappa shape index (κ1) is 12.4. The fourth-order valence-electron chi connectivity index (χ4n) is 1.49. The normalized spacial score (nSPS) is 10.3. The van der Waals surface area contributed by atoms with Crippen LogP contribution in [-0.2, 0) is 0 Å². The van der Waals surface area contributed by atoms with Crippen molar-refractivity contribution in [2.75, 3.05) is 6.61 Å². The topological polar surface area (TPSA) is 9.23 Å². The summed E-state index contributed by atoms with van der Waals surface area (Å²) in [4.78, 5) is 0. The Labute approximate surface area is 97.4 Å². The van der Waals surface area contributed by atoms with Crippen molar-refractivity contribution in [1.29, 1.82) is 0 Å². The Kier molecular flexibility index (Phi) is 5.56. The van der Waals surface area contributed by atoms with Crippen LogP contribution in [0.3, 0.4) is 0 Å². The summed E-state index contributed by atoms with van der Waals surface area (Å²) < 4.78 is 5.68. The molecule has 1 rings (SSSR count). The molecule has 0 N–H and O–H groups in total. The van der Waals surface area contributed by atoms with E-state index in [1.807, 2.05) is 25.1 Å². The van der Waals surface area contributed by atoms with Crippen molar-refractivity contribution < 1.29 is 4.74 Å². The Morgan fingerprint density at radius 1 is 1.20 bits per heavy atom. The van der Waals surface area contributed by atoms with Gasteiger partial charge in [0.1, 0.15) is 5.75 Å². The fourth-order valence-corrected chi connectivity index (χ4v) is 1.71. The van der Waals surface area contributed by atoms with Crippen molar-refractivity contribution in [3.05, 3.63) is 28.8 Å². The van der Waals surface area contributed by atoms with Crippen LogP contribution < -0.4 is 4.74 Å². The summed E-state index contributed by atoms with van der Waals surface area (Å²) in [6, 6.07) is 5.75. The standard InChI is InChI=1S/C13H19ClO/c1-3-4-5-6-9-15-13-8-7-12(14)10-11(13)2/h7-8,10H,3-6,9H2,1-2H3. The summed E-state index contributed by atoms with van der Waals surface area (Å²) >= 11 is 5.86. The van der Waals surface area contributed by atoms with Crippen molar-refractivity contribution in [3.63, 3.8) is 0 Å². The van der Waals surface area contributed by atoms with Crippen LogP contribution in [0.15, 0.2) is 18.2 Å². The summed E-state index contributed by atoms with van der Waals surface area (Å²) in [7, 11) is 0. The lowest BCUT2D eigenvalue weighted by Gasteiger charge is -2.08. The number of benzene rings is 1. The van der Waals surface area contributed by atoms with Gasteiger partial charge in [0.2, 0.25) is 0 Å². The molecule has 1 aromatic carbocycles. The van der Waals surface area contributed by atoms with Gasteiger partial charge in [-0.3, -0.25) is 0 Å². The number of aryl methyl sites for hydroxylation is 1. The summed E-state index contributed by atoms with van der Waals surface area (Å²) in [5.74, 6) is 0.955. The molecule has 0 amide bonds. The predicted molar refractivity (Wildman–Crippen MR) is 65.8 cm³/mol. The zero-order chi connectivity index (χ0) is 11.1. The van der Waals surface area contributed by atoms with E-state index in [1.165, 1.54) is 19.3 Å². The van der Waals surface area contributed by atoms with Crippen molar-refractivity contribution in [1.82, 2.24) is 0 Å². The van der Waals surface area contributed by atoms with E-state index in [1.54, 1.807) is 0 Å². The van der Waals surface area contributed by atoms with Crippen LogP contribution in [0.2, 0.25) is 5.02 Å². The molecule has 0 spiro atoms. The molecule has 0 saturated heterocycles. The molecule has 0 aliphatic rings. The number of unbranched alkanes of at least 4 members (excludes halogenated alkanes) is 3. The van der Waals surface area contributed by atoms with E-state index in [0.29, 0.717) is 0 Å². The second-order valence-electron chi connectivity index (χ2n) is 3.82. The van der Waals surface area contributed by atoms with Crippen LogP contribution in [-0.4, -0.2) is 6.61 Å². The lowest BCUT2D eigenvalue weighted by atomic mass is 10.2. The van der Waals surface area contributed by atoms with Gasteiger partial charge in [-0.1, -0.05) is 37.8 Å². The number of ether oxygens (including phenoxy) is 1. The van der Waals surface area contributed by atoms with Gasteiger partial charge in [0.05, 0.1) is 6.61 Å². The van der Waals surface area contributed by atoms with Gasteiger partial charge in [-0.15, -0.1) is 0 Å². The Morgan fingerprint density at radius 2 is 2.00 bits per heavy atom. The molecule has 15 heavy (non-hydrogen) atoms. The summed E-state index contributed by atoms with van der Waals surface area (Å²) in [6.07, 6.45) is 4.95. The van der Waals surface area contributed by atoms with Crippen LogP contribution in [0.1, 0.15) is 38.2 Å². The first-order valence-corrected chi connectivity index (χ1v) is 6.00. The van der Waals surface area contributed by atoms with Crippen LogP contribution in [0.25, 0.3) is 0 Å². The van der Waals surface area contributed by atoms with Crippen molar-refractivity contribution in [2.24, 2.45) is 0 Å². The van der Waals surface area contributed by atoms with Gasteiger partial charge in [0, 0.05) is 5.02 Å². The predicted octanol–water partition coefficient (Wildman–Crippen LogP) is 4.61. The third-order valence-corrected chi connectivity index (χ3v) is 2.63. The van der Waals surface area contributed by atoms with E-state index in [4.69, 9.17) is 16.3 Å². The lowest BCUT2D eigenvalue weighted by molar-refractivity contribution is 0.303. The maximum atomic E-state index is 5.86. The Hall–Kier alpha value is -0.690. The number of hydrogen-bond donors (Lipinski definition) is 0. The second-order valence-corrected chi connectivity index (χ2v) is 4.26. The molecule has 84 valence electrons. The molecule has 1 aromatic rings. The Morgan fingerprint density at radius 3 is 2.67 bits per heavy atom. The minimum Gasteiger partial charge on any atom is -0.493 e. The van der Waals surface area contributed by atoms with E-state index in [9.17, 15) is 0 Å². The molecule has 0 heterocycles. The SMILES string of the molecule is CCCCCCOc1ccc(Cl)cc1C. The molecular formula is C13H19ClO. The van der Waals surface area contributed by atoms with Gasteiger partial charge in [-0.05, 0) is 37.1 Å². The number of hydrogen-bond acceptors (Lipinski definition) is 1. The Balaban J connectivity index is 2.31. The van der Waals surface area contributed by atoms with Gasteiger partial charge in [-0.25, -0.2) is 0 Å². The van der Waals surface area contributed by atoms with E-state index < -0.39 is 0 Å². The third-order valence-electron chi connectivity index (χ3n) is 2.39. The summed E-state index contributed by atoms with van der Waals surface area (Å²) in [5, 5.41) is 0.769. The molecule has 0 atom stereocenters. The van der Waals surface area contributed by atoms with E-state index in [0.717, 1.165) is 29.4 Å². The van der Waals surface area contributed by atoms with Gasteiger partial charge in [0.25, 0.3) is 0 Å². The van der Waals surface area contributed by atoms with Crippen LogP contribution in [0.4, 0.5) is 0 Å². The molecule has 0 fully saturated rings. The van der Waals surface area contributed by atoms with Crippen molar-refractivity contribution in [3.8, 4) is 5.75 Å². The second kappa shape index (κ2) is 6.73. The van der Waals surface area contributed by atoms with Crippen LogP contribution in [0, 0.1) is 6.92 Å². The maximum absolute atomic E-state index is 5.86. The zero-order valence-electron chi connectivity index (χ0n) is 9.55. The highest BCUT2D eigenvalue weighted by molar-refractivity contribution is 6.30. The van der Waals surface area contributed by atoms with E-state index in [-0.39, 0.29) is 0 Å². The van der Waals surface area contributed by atoms with Gasteiger partial charge in [0.15, 0.2) is 0 Å². The van der Waals surface area contributed by atoms with Gasteiger partial charge >= 0.3 is 0 Å². The van der Waals surface area contributed by atoms with E-state index >= 15 is 0 Å². The average Bonchev–Trinajstić information content (AvgIpc) is 2.20. The smallest absolute Gasteiger partial charge is 0.122 e. The molecule has 2 heteroatoms. The quantitative estimate of drug-likeness (QED) is 0.644. The highest BCUT2D eigenvalue weighted by atomic mass is 35.5. The molecule has 0 aliphatic carbocycles. The highest BCUT2D eigenvalue weighted by Crippen LogP contribution is 2.21. The molecule has 0 bridgehead atoms. The summed E-state index contributed by atoms with van der Waals surface area (Å²) in [5.41, 5.74) is 1.11. The minimum absolute atomic E-state index is 0.769. The van der Waals surface area contributed by atoms with Gasteiger partial charge in [-0.2, -0.15) is 0 Å². The van der Waals surface area contributed by atoms with Gasteiger partial charge < -0.3 is 4.74 Å². The first-order chi connectivity index (χ1) is 7.24. The molecule has 0 aliphatic heterocycles. The molecule has 0 unspecified atom stereocenters. The molecule has 0 aromatic heterocycles. The largest absolute Gasteiger partial charge is 0.493 e. The molecule has 1 nitrogen and oxygen atoms in total. The Bertz CT molecular complexity index is 297. The minimum atomic E-state index is 0.769. The molecule has 0 radical (unpaired) electrons. The zero-order valence-corrected chi connectivity index (χ0v) is 10.3. The fraction of sp³-hybridized carbons (Fsp3) is 0.538. The first-order valence-electron chi connectivity index (χ1n) is 5.63. The maximum Gasteiger partial charge on any atom is 0.122 e. The van der Waals surface area contributed by atoms with Crippen LogP contribution >= 0.6 is 11.6 Å².